The van der Waals surface area contributed by atoms with Gasteiger partial charge in [-0.3, -0.25) is 9.59 Å². The van der Waals surface area contributed by atoms with Crippen LogP contribution in [0.3, 0.4) is 0 Å². The van der Waals surface area contributed by atoms with E-state index in [0.29, 0.717) is 25.2 Å². The van der Waals surface area contributed by atoms with Crippen LogP contribution in [0, 0.1) is 17.3 Å². The summed E-state index contributed by atoms with van der Waals surface area (Å²) >= 11 is 0. The predicted molar refractivity (Wildman–Crippen MR) is 73.0 cm³/mol. The third-order valence-electron chi connectivity index (χ3n) is 4.81. The summed E-state index contributed by atoms with van der Waals surface area (Å²) in [6.45, 7) is 3.58. The van der Waals surface area contributed by atoms with Crippen molar-refractivity contribution in [1.82, 2.24) is 0 Å². The zero-order chi connectivity index (χ0) is 14.5. The van der Waals surface area contributed by atoms with Crippen molar-refractivity contribution in [2.45, 2.75) is 65.2 Å². The lowest BCUT2D eigenvalue weighted by atomic mass is 9.65. The molecule has 2 N–H and O–H groups in total. The molecule has 1 aliphatic rings. The van der Waals surface area contributed by atoms with Gasteiger partial charge in [-0.15, -0.1) is 0 Å². The Balaban J connectivity index is 2.96. The van der Waals surface area contributed by atoms with Crippen LogP contribution in [0.4, 0.5) is 0 Å². The summed E-state index contributed by atoms with van der Waals surface area (Å²) in [7, 11) is 0. The topological polar surface area (TPSA) is 74.6 Å². The molecule has 0 aliphatic heterocycles. The third kappa shape index (κ3) is 3.48. The van der Waals surface area contributed by atoms with Gasteiger partial charge < -0.3 is 10.2 Å². The van der Waals surface area contributed by atoms with E-state index in [1.807, 2.05) is 6.92 Å². The van der Waals surface area contributed by atoms with E-state index in [2.05, 4.69) is 0 Å². The largest absolute Gasteiger partial charge is 0.481 e. The van der Waals surface area contributed by atoms with Gasteiger partial charge in [0.15, 0.2) is 0 Å². The Morgan fingerprint density at radius 1 is 1.16 bits per heavy atom. The maximum atomic E-state index is 11.8. The van der Waals surface area contributed by atoms with E-state index in [1.165, 1.54) is 6.42 Å². The first-order chi connectivity index (χ1) is 8.97. The Morgan fingerprint density at radius 2 is 1.74 bits per heavy atom. The van der Waals surface area contributed by atoms with E-state index in [4.69, 9.17) is 0 Å². The van der Waals surface area contributed by atoms with Crippen LogP contribution in [-0.4, -0.2) is 22.2 Å². The zero-order valence-corrected chi connectivity index (χ0v) is 12.0. The molecule has 110 valence electrons. The van der Waals surface area contributed by atoms with Crippen LogP contribution >= 0.6 is 0 Å². The number of carboxylic acid groups (broad SMARTS) is 2. The number of hydrogen-bond donors (Lipinski definition) is 2. The van der Waals surface area contributed by atoms with Crippen LogP contribution in [0.5, 0.6) is 0 Å². The van der Waals surface area contributed by atoms with Gasteiger partial charge in [0.1, 0.15) is 0 Å². The first-order valence-electron chi connectivity index (χ1n) is 7.44. The fourth-order valence-electron chi connectivity index (χ4n) is 3.63. The molecular formula is C15H26O4. The van der Waals surface area contributed by atoms with Crippen molar-refractivity contribution in [2.24, 2.45) is 17.3 Å². The van der Waals surface area contributed by atoms with Crippen molar-refractivity contribution >= 4 is 11.9 Å². The molecule has 1 aliphatic carbocycles. The van der Waals surface area contributed by atoms with Gasteiger partial charge in [-0.25, -0.2) is 0 Å². The summed E-state index contributed by atoms with van der Waals surface area (Å²) in [4.78, 5) is 23.2. The van der Waals surface area contributed by atoms with Crippen LogP contribution in [0.1, 0.15) is 65.2 Å². The number of aliphatic carboxylic acids is 2. The van der Waals surface area contributed by atoms with Crippen molar-refractivity contribution in [2.75, 3.05) is 0 Å². The van der Waals surface area contributed by atoms with Gasteiger partial charge in [-0.2, -0.15) is 0 Å². The first-order valence-corrected chi connectivity index (χ1v) is 7.44. The highest BCUT2D eigenvalue weighted by Crippen LogP contribution is 2.44. The average molecular weight is 270 g/mol. The molecule has 19 heavy (non-hydrogen) atoms. The van der Waals surface area contributed by atoms with Gasteiger partial charge in [0.05, 0.1) is 11.3 Å². The molecule has 0 bridgehead atoms. The zero-order valence-electron chi connectivity index (χ0n) is 12.0. The predicted octanol–water partition coefficient (Wildman–Crippen LogP) is 3.55. The third-order valence-corrected chi connectivity index (χ3v) is 4.81. The molecule has 0 saturated heterocycles. The molecule has 0 heterocycles. The molecule has 0 amide bonds. The molecule has 0 aromatic rings. The highest BCUT2D eigenvalue weighted by molar-refractivity contribution is 5.83. The van der Waals surface area contributed by atoms with Gasteiger partial charge in [0.2, 0.25) is 0 Å². The second kappa shape index (κ2) is 6.92. The van der Waals surface area contributed by atoms with Crippen molar-refractivity contribution in [3.05, 3.63) is 0 Å². The Bertz CT molecular complexity index is 320. The van der Waals surface area contributed by atoms with E-state index >= 15 is 0 Å². The van der Waals surface area contributed by atoms with Crippen molar-refractivity contribution in [3.63, 3.8) is 0 Å². The SMILES string of the molecule is CCC(C(=O)O)C(CC)(CC1CCCCC1)C(=O)O. The van der Waals surface area contributed by atoms with E-state index < -0.39 is 23.3 Å². The summed E-state index contributed by atoms with van der Waals surface area (Å²) in [5.74, 6) is -2.31. The fourth-order valence-corrected chi connectivity index (χ4v) is 3.63. The smallest absolute Gasteiger partial charge is 0.310 e. The van der Waals surface area contributed by atoms with Gasteiger partial charge in [-0.05, 0) is 25.2 Å². The second-order valence-electron chi connectivity index (χ2n) is 5.82. The van der Waals surface area contributed by atoms with Crippen molar-refractivity contribution in [3.8, 4) is 0 Å². The Kier molecular flexibility index (Phi) is 5.83. The molecule has 1 saturated carbocycles. The average Bonchev–Trinajstić information content (AvgIpc) is 2.38. The monoisotopic (exact) mass is 270 g/mol. The molecule has 4 heteroatoms. The molecule has 0 radical (unpaired) electrons. The Hall–Kier alpha value is -1.06. The van der Waals surface area contributed by atoms with Crippen molar-refractivity contribution < 1.29 is 19.8 Å². The Morgan fingerprint density at radius 3 is 2.11 bits per heavy atom. The number of hydrogen-bond acceptors (Lipinski definition) is 2. The second-order valence-corrected chi connectivity index (χ2v) is 5.82. The van der Waals surface area contributed by atoms with Gasteiger partial charge in [0.25, 0.3) is 0 Å². The molecule has 0 spiro atoms. The van der Waals surface area contributed by atoms with Gasteiger partial charge in [-0.1, -0.05) is 46.0 Å². The fraction of sp³-hybridized carbons (Fsp3) is 0.867. The van der Waals surface area contributed by atoms with Gasteiger partial charge >= 0.3 is 11.9 Å². The minimum atomic E-state index is -1.09. The molecule has 1 rings (SSSR count). The van der Waals surface area contributed by atoms with E-state index in [1.54, 1.807) is 6.92 Å². The molecule has 4 nitrogen and oxygen atoms in total. The van der Waals surface area contributed by atoms with Gasteiger partial charge in [0, 0.05) is 0 Å². The minimum Gasteiger partial charge on any atom is -0.481 e. The maximum absolute atomic E-state index is 11.8. The van der Waals surface area contributed by atoms with Crippen LogP contribution < -0.4 is 0 Å². The number of rotatable bonds is 7. The van der Waals surface area contributed by atoms with E-state index in [-0.39, 0.29) is 0 Å². The molecule has 2 atom stereocenters. The lowest BCUT2D eigenvalue weighted by Gasteiger charge is -2.37. The highest BCUT2D eigenvalue weighted by Gasteiger charge is 2.48. The Labute approximate surface area is 115 Å². The maximum Gasteiger partial charge on any atom is 0.310 e. The van der Waals surface area contributed by atoms with Crippen LogP contribution in [0.25, 0.3) is 0 Å². The normalized spacial score (nSPS) is 21.6. The molecule has 2 unspecified atom stereocenters. The molecular weight excluding hydrogens is 244 g/mol. The standard InChI is InChI=1S/C15H26O4/c1-3-12(13(16)17)15(4-2,14(18)19)10-11-8-6-5-7-9-11/h11-12H,3-10H2,1-2H3,(H,16,17)(H,18,19). The highest BCUT2D eigenvalue weighted by atomic mass is 16.4. The molecule has 0 aromatic carbocycles. The quantitative estimate of drug-likeness (QED) is 0.742. The summed E-state index contributed by atoms with van der Waals surface area (Å²) in [5, 5.41) is 19.0. The summed E-state index contributed by atoms with van der Waals surface area (Å²) < 4.78 is 0. The van der Waals surface area contributed by atoms with Crippen LogP contribution in [0.15, 0.2) is 0 Å². The summed E-state index contributed by atoms with van der Waals surface area (Å²) in [6, 6.07) is 0. The lowest BCUT2D eigenvalue weighted by Crippen LogP contribution is -2.43. The first kappa shape index (κ1) is 16.0. The van der Waals surface area contributed by atoms with E-state index in [0.717, 1.165) is 25.7 Å². The molecule has 0 aromatic heterocycles. The summed E-state index contributed by atoms with van der Waals surface area (Å²) in [5.41, 5.74) is -1.09. The van der Waals surface area contributed by atoms with E-state index in [9.17, 15) is 19.8 Å². The number of carboxylic acids is 2. The minimum absolute atomic E-state index is 0.373. The van der Waals surface area contributed by atoms with Crippen molar-refractivity contribution in [1.29, 1.82) is 0 Å². The summed E-state index contributed by atoms with van der Waals surface area (Å²) in [6.07, 6.45) is 6.90. The molecule has 1 fully saturated rings. The number of carbonyl (C=O) groups is 2. The van der Waals surface area contributed by atoms with Crippen LogP contribution in [0.2, 0.25) is 0 Å². The van der Waals surface area contributed by atoms with Crippen LogP contribution in [-0.2, 0) is 9.59 Å². The lowest BCUT2D eigenvalue weighted by molar-refractivity contribution is -0.165.